The van der Waals surface area contributed by atoms with E-state index in [1.807, 2.05) is 24.3 Å². The zero-order valence-electron chi connectivity index (χ0n) is 10.6. The molecule has 0 bridgehead atoms. The molecule has 2 aromatic carbocycles. The van der Waals surface area contributed by atoms with E-state index in [4.69, 9.17) is 5.11 Å². The standard InChI is InChI=1S/C16H12F2OS/c17-14-6-7-15(18)16(10-14)20-11-13-4-1-3-12(9-13)5-2-8-19/h1,3-4,6-7,9-10,19H,8,11H2. The van der Waals surface area contributed by atoms with Gasteiger partial charge < -0.3 is 5.11 Å². The molecule has 0 spiro atoms. The number of rotatable bonds is 3. The third kappa shape index (κ3) is 4.09. The molecule has 4 heteroatoms. The van der Waals surface area contributed by atoms with Gasteiger partial charge in [0.05, 0.1) is 0 Å². The molecular weight excluding hydrogens is 278 g/mol. The lowest BCUT2D eigenvalue weighted by molar-refractivity contribution is 0.350. The Balaban J connectivity index is 2.09. The molecule has 1 N–H and O–H groups in total. The van der Waals surface area contributed by atoms with Crippen LogP contribution in [0, 0.1) is 23.5 Å². The number of hydrogen-bond acceptors (Lipinski definition) is 2. The Morgan fingerprint density at radius 1 is 1.10 bits per heavy atom. The van der Waals surface area contributed by atoms with Gasteiger partial charge in [0.25, 0.3) is 0 Å². The van der Waals surface area contributed by atoms with Gasteiger partial charge in [-0.2, -0.15) is 0 Å². The summed E-state index contributed by atoms with van der Waals surface area (Å²) in [5, 5.41) is 8.65. The summed E-state index contributed by atoms with van der Waals surface area (Å²) < 4.78 is 26.5. The quantitative estimate of drug-likeness (QED) is 0.688. The summed E-state index contributed by atoms with van der Waals surface area (Å²) in [6, 6.07) is 10.9. The van der Waals surface area contributed by atoms with Crippen LogP contribution in [0.5, 0.6) is 0 Å². The van der Waals surface area contributed by atoms with Gasteiger partial charge in [-0.25, -0.2) is 8.78 Å². The zero-order valence-corrected chi connectivity index (χ0v) is 11.4. The van der Waals surface area contributed by atoms with Gasteiger partial charge in [-0.1, -0.05) is 24.0 Å². The summed E-state index contributed by atoms with van der Waals surface area (Å²) >= 11 is 1.23. The van der Waals surface area contributed by atoms with Crippen molar-refractivity contribution in [1.29, 1.82) is 0 Å². The first-order valence-electron chi connectivity index (χ1n) is 5.95. The van der Waals surface area contributed by atoms with Crippen LogP contribution in [0.15, 0.2) is 47.4 Å². The Morgan fingerprint density at radius 3 is 2.75 bits per heavy atom. The summed E-state index contributed by atoms with van der Waals surface area (Å²) in [6.07, 6.45) is 0. The monoisotopic (exact) mass is 290 g/mol. The van der Waals surface area contributed by atoms with Gasteiger partial charge in [-0.05, 0) is 35.9 Å². The Hall–Kier alpha value is -1.83. The maximum atomic E-state index is 13.5. The number of benzene rings is 2. The molecule has 2 rings (SSSR count). The van der Waals surface area contributed by atoms with Crippen LogP contribution in [0.1, 0.15) is 11.1 Å². The van der Waals surface area contributed by atoms with Crippen molar-refractivity contribution in [3.63, 3.8) is 0 Å². The van der Waals surface area contributed by atoms with E-state index in [9.17, 15) is 8.78 Å². The molecule has 0 aliphatic heterocycles. The highest BCUT2D eigenvalue weighted by atomic mass is 32.2. The molecule has 0 amide bonds. The van der Waals surface area contributed by atoms with Crippen LogP contribution in [-0.4, -0.2) is 11.7 Å². The van der Waals surface area contributed by atoms with Crippen LogP contribution in [-0.2, 0) is 5.75 Å². The number of aliphatic hydroxyl groups excluding tert-OH is 1. The molecule has 2 aromatic rings. The largest absolute Gasteiger partial charge is 0.384 e. The van der Waals surface area contributed by atoms with Crippen molar-refractivity contribution in [3.8, 4) is 11.8 Å². The van der Waals surface area contributed by atoms with E-state index in [-0.39, 0.29) is 11.5 Å². The Kier molecular flexibility index (Phi) is 5.16. The average molecular weight is 290 g/mol. The summed E-state index contributed by atoms with van der Waals surface area (Å²) in [5.74, 6) is 5.03. The van der Waals surface area contributed by atoms with E-state index in [0.29, 0.717) is 5.75 Å². The number of hydrogen-bond donors (Lipinski definition) is 1. The highest BCUT2D eigenvalue weighted by Gasteiger charge is 2.05. The van der Waals surface area contributed by atoms with E-state index in [1.165, 1.54) is 17.8 Å². The summed E-state index contributed by atoms with van der Waals surface area (Å²) in [5.41, 5.74) is 1.75. The maximum Gasteiger partial charge on any atom is 0.136 e. The highest BCUT2D eigenvalue weighted by molar-refractivity contribution is 7.98. The van der Waals surface area contributed by atoms with Gasteiger partial charge in [0.1, 0.15) is 18.2 Å². The lowest BCUT2D eigenvalue weighted by Crippen LogP contribution is -1.87. The van der Waals surface area contributed by atoms with Crippen molar-refractivity contribution >= 4 is 11.8 Å². The highest BCUT2D eigenvalue weighted by Crippen LogP contribution is 2.26. The molecule has 20 heavy (non-hydrogen) atoms. The minimum atomic E-state index is -0.448. The van der Waals surface area contributed by atoms with Gasteiger partial charge >= 0.3 is 0 Å². The lowest BCUT2D eigenvalue weighted by atomic mass is 10.1. The smallest absolute Gasteiger partial charge is 0.136 e. The molecule has 0 radical (unpaired) electrons. The third-order valence-electron chi connectivity index (χ3n) is 2.53. The Labute approximate surface area is 120 Å². The van der Waals surface area contributed by atoms with Crippen molar-refractivity contribution in [2.75, 3.05) is 6.61 Å². The average Bonchev–Trinajstić information content (AvgIpc) is 2.46. The summed E-state index contributed by atoms with van der Waals surface area (Å²) in [7, 11) is 0. The number of thioether (sulfide) groups is 1. The number of aliphatic hydroxyl groups is 1. The van der Waals surface area contributed by atoms with Crippen LogP contribution in [0.4, 0.5) is 8.78 Å². The second-order valence-corrected chi connectivity index (χ2v) is 5.04. The molecule has 0 atom stereocenters. The summed E-state index contributed by atoms with van der Waals surface area (Å²) in [6.45, 7) is -0.187. The molecule has 0 heterocycles. The molecule has 0 fully saturated rings. The van der Waals surface area contributed by atoms with Gasteiger partial charge in [0.2, 0.25) is 0 Å². The minimum absolute atomic E-state index is 0.187. The van der Waals surface area contributed by atoms with Crippen molar-refractivity contribution in [1.82, 2.24) is 0 Å². The van der Waals surface area contributed by atoms with Crippen molar-refractivity contribution < 1.29 is 13.9 Å². The number of halogens is 2. The second-order valence-electron chi connectivity index (χ2n) is 4.02. The summed E-state index contributed by atoms with van der Waals surface area (Å²) in [4.78, 5) is 0.289. The zero-order chi connectivity index (χ0) is 14.4. The predicted molar refractivity (Wildman–Crippen MR) is 76.3 cm³/mol. The van der Waals surface area contributed by atoms with Crippen LogP contribution in [0.3, 0.4) is 0 Å². The van der Waals surface area contributed by atoms with Crippen LogP contribution < -0.4 is 0 Å². The predicted octanol–water partition coefficient (Wildman–Crippen LogP) is 3.60. The van der Waals surface area contributed by atoms with Crippen LogP contribution in [0.2, 0.25) is 0 Å². The van der Waals surface area contributed by atoms with E-state index < -0.39 is 11.6 Å². The lowest BCUT2D eigenvalue weighted by Gasteiger charge is -2.04. The van der Waals surface area contributed by atoms with Gasteiger partial charge in [-0.3, -0.25) is 0 Å². The maximum absolute atomic E-state index is 13.5. The van der Waals surface area contributed by atoms with Crippen molar-refractivity contribution in [2.45, 2.75) is 10.6 Å². The molecule has 0 aliphatic carbocycles. The Morgan fingerprint density at radius 2 is 1.95 bits per heavy atom. The van der Waals surface area contributed by atoms with Gasteiger partial charge in [0, 0.05) is 16.2 Å². The van der Waals surface area contributed by atoms with E-state index in [2.05, 4.69) is 11.8 Å². The van der Waals surface area contributed by atoms with E-state index in [1.54, 1.807) is 0 Å². The van der Waals surface area contributed by atoms with Crippen molar-refractivity contribution in [3.05, 3.63) is 65.2 Å². The fourth-order valence-corrected chi connectivity index (χ4v) is 2.53. The normalized spacial score (nSPS) is 9.95. The molecule has 0 saturated carbocycles. The van der Waals surface area contributed by atoms with Crippen LogP contribution in [0.25, 0.3) is 0 Å². The molecule has 1 nitrogen and oxygen atoms in total. The molecule has 0 saturated heterocycles. The molecular formula is C16H12F2OS. The van der Waals surface area contributed by atoms with Crippen molar-refractivity contribution in [2.24, 2.45) is 0 Å². The van der Waals surface area contributed by atoms with E-state index in [0.717, 1.165) is 23.3 Å². The first kappa shape index (κ1) is 14.6. The fourth-order valence-electron chi connectivity index (χ4n) is 1.63. The second kappa shape index (κ2) is 7.09. The molecule has 102 valence electrons. The molecule has 0 unspecified atom stereocenters. The Bertz CT molecular complexity index is 659. The fraction of sp³-hybridized carbons (Fsp3) is 0.125. The molecule has 0 aromatic heterocycles. The van der Waals surface area contributed by atoms with Gasteiger partial charge in [-0.15, -0.1) is 11.8 Å². The molecule has 0 aliphatic rings. The topological polar surface area (TPSA) is 20.2 Å². The first-order valence-corrected chi connectivity index (χ1v) is 6.94. The minimum Gasteiger partial charge on any atom is -0.384 e. The van der Waals surface area contributed by atoms with Gasteiger partial charge in [0.15, 0.2) is 0 Å². The SMILES string of the molecule is OCC#Cc1cccc(CSc2cc(F)ccc2F)c1. The van der Waals surface area contributed by atoms with E-state index >= 15 is 0 Å². The first-order chi connectivity index (χ1) is 9.69. The van der Waals surface area contributed by atoms with Crippen LogP contribution >= 0.6 is 11.8 Å². The third-order valence-corrected chi connectivity index (χ3v) is 3.63.